The summed E-state index contributed by atoms with van der Waals surface area (Å²) in [7, 11) is 0. The number of esters is 1. The van der Waals surface area contributed by atoms with Crippen LogP contribution in [0, 0.1) is 0 Å². The maximum Gasteiger partial charge on any atom is 0.335 e. The smallest absolute Gasteiger partial charge is 0.335 e. The largest absolute Gasteiger partial charge is 0.464 e. The van der Waals surface area contributed by atoms with Crippen molar-refractivity contribution in [2.45, 2.75) is 33.3 Å². The lowest BCUT2D eigenvalue weighted by Gasteiger charge is -2.14. The molecule has 1 atom stereocenters. The molecule has 0 aliphatic carbocycles. The molecule has 0 aliphatic rings. The number of ether oxygens (including phenoxy) is 3. The third kappa shape index (κ3) is 5.94. The van der Waals surface area contributed by atoms with Gasteiger partial charge in [0.25, 0.3) is 0 Å². The summed E-state index contributed by atoms with van der Waals surface area (Å²) in [6, 6.07) is 0. The van der Waals surface area contributed by atoms with Crippen LogP contribution in [-0.4, -0.2) is 38.5 Å². The molecular weight excluding hydrogens is 184 g/mol. The van der Waals surface area contributed by atoms with Gasteiger partial charge in [-0.25, -0.2) is 4.79 Å². The second-order valence-electron chi connectivity index (χ2n) is 2.72. The summed E-state index contributed by atoms with van der Waals surface area (Å²) in [6.07, 6.45) is 0.181. The molecule has 0 radical (unpaired) electrons. The zero-order valence-electron chi connectivity index (χ0n) is 9.25. The van der Waals surface area contributed by atoms with Crippen LogP contribution >= 0.6 is 0 Å². The van der Waals surface area contributed by atoms with Crippen molar-refractivity contribution < 1.29 is 19.0 Å². The van der Waals surface area contributed by atoms with E-state index >= 15 is 0 Å². The zero-order chi connectivity index (χ0) is 10.8. The minimum absolute atomic E-state index is 0.286. The van der Waals surface area contributed by atoms with Gasteiger partial charge in [-0.15, -0.1) is 0 Å². The SMILES string of the molecule is CCOCCOC(CC)C(=O)OCC. The Balaban J connectivity index is 3.62. The van der Waals surface area contributed by atoms with Gasteiger partial charge in [0.1, 0.15) is 0 Å². The monoisotopic (exact) mass is 204 g/mol. The lowest BCUT2D eigenvalue weighted by Crippen LogP contribution is -2.27. The number of rotatable bonds is 8. The van der Waals surface area contributed by atoms with Crippen LogP contribution in [0.4, 0.5) is 0 Å². The highest BCUT2D eigenvalue weighted by Crippen LogP contribution is 2.00. The highest BCUT2D eigenvalue weighted by molar-refractivity contribution is 5.74. The van der Waals surface area contributed by atoms with Crippen LogP contribution in [0.2, 0.25) is 0 Å². The lowest BCUT2D eigenvalue weighted by molar-refractivity contribution is -0.157. The fourth-order valence-corrected chi connectivity index (χ4v) is 0.981. The van der Waals surface area contributed by atoms with E-state index in [2.05, 4.69) is 0 Å². The first-order valence-electron chi connectivity index (χ1n) is 5.12. The standard InChI is InChI=1S/C10H20O4/c1-4-9(10(11)13-6-3)14-8-7-12-5-2/h9H,4-8H2,1-3H3. The van der Waals surface area contributed by atoms with E-state index in [0.29, 0.717) is 32.8 Å². The first-order valence-corrected chi connectivity index (χ1v) is 5.12. The van der Waals surface area contributed by atoms with E-state index in [1.54, 1.807) is 6.92 Å². The van der Waals surface area contributed by atoms with Crippen molar-refractivity contribution in [2.24, 2.45) is 0 Å². The van der Waals surface area contributed by atoms with Crippen LogP contribution in [0.1, 0.15) is 27.2 Å². The molecule has 84 valence electrons. The van der Waals surface area contributed by atoms with Crippen LogP contribution < -0.4 is 0 Å². The Hall–Kier alpha value is -0.610. The van der Waals surface area contributed by atoms with Crippen LogP contribution in [0.3, 0.4) is 0 Å². The van der Waals surface area contributed by atoms with Gasteiger partial charge in [-0.2, -0.15) is 0 Å². The first-order chi connectivity index (χ1) is 6.76. The molecule has 4 nitrogen and oxygen atoms in total. The molecule has 0 bridgehead atoms. The van der Waals surface area contributed by atoms with Gasteiger partial charge in [0.05, 0.1) is 19.8 Å². The fourth-order valence-electron chi connectivity index (χ4n) is 0.981. The molecule has 0 fully saturated rings. The van der Waals surface area contributed by atoms with Crippen molar-refractivity contribution in [3.8, 4) is 0 Å². The van der Waals surface area contributed by atoms with Crippen molar-refractivity contribution >= 4 is 5.97 Å². The van der Waals surface area contributed by atoms with Gasteiger partial charge in [-0.3, -0.25) is 0 Å². The van der Waals surface area contributed by atoms with Gasteiger partial charge in [0.15, 0.2) is 6.10 Å². The number of hydrogen-bond donors (Lipinski definition) is 0. The van der Waals surface area contributed by atoms with E-state index in [0.717, 1.165) is 0 Å². The molecule has 0 aromatic rings. The third-order valence-electron chi connectivity index (χ3n) is 1.67. The number of hydrogen-bond acceptors (Lipinski definition) is 4. The molecule has 1 unspecified atom stereocenters. The number of carbonyl (C=O) groups is 1. The van der Waals surface area contributed by atoms with Crippen LogP contribution in [0.25, 0.3) is 0 Å². The lowest BCUT2D eigenvalue weighted by atomic mass is 10.3. The van der Waals surface area contributed by atoms with Gasteiger partial charge >= 0.3 is 5.97 Å². The van der Waals surface area contributed by atoms with E-state index in [4.69, 9.17) is 14.2 Å². The van der Waals surface area contributed by atoms with Gasteiger partial charge in [0, 0.05) is 6.61 Å². The molecule has 0 heterocycles. The average Bonchev–Trinajstić information content (AvgIpc) is 2.18. The van der Waals surface area contributed by atoms with Crippen LogP contribution in [0.15, 0.2) is 0 Å². The molecule has 0 aromatic carbocycles. The summed E-state index contributed by atoms with van der Waals surface area (Å²) < 4.78 is 15.2. The van der Waals surface area contributed by atoms with Gasteiger partial charge in [0.2, 0.25) is 0 Å². The Kier molecular flexibility index (Phi) is 8.57. The van der Waals surface area contributed by atoms with Crippen molar-refractivity contribution in [2.75, 3.05) is 26.4 Å². The first kappa shape index (κ1) is 13.4. The minimum Gasteiger partial charge on any atom is -0.464 e. The summed E-state index contributed by atoms with van der Waals surface area (Å²) >= 11 is 0. The molecule has 14 heavy (non-hydrogen) atoms. The summed E-state index contributed by atoms with van der Waals surface area (Å²) in [5, 5.41) is 0. The molecular formula is C10H20O4. The Morgan fingerprint density at radius 2 is 1.86 bits per heavy atom. The molecule has 0 saturated carbocycles. The quantitative estimate of drug-likeness (QED) is 0.442. The van der Waals surface area contributed by atoms with E-state index in [-0.39, 0.29) is 5.97 Å². The van der Waals surface area contributed by atoms with E-state index in [1.165, 1.54) is 0 Å². The maximum absolute atomic E-state index is 11.2. The second kappa shape index (κ2) is 8.97. The predicted octanol–water partition coefficient (Wildman–Crippen LogP) is 1.38. The fraction of sp³-hybridized carbons (Fsp3) is 0.900. The van der Waals surface area contributed by atoms with Crippen molar-refractivity contribution in [3.63, 3.8) is 0 Å². The highest BCUT2D eigenvalue weighted by atomic mass is 16.6. The molecule has 4 heteroatoms. The van der Waals surface area contributed by atoms with Crippen LogP contribution in [-0.2, 0) is 19.0 Å². The molecule has 0 rings (SSSR count). The van der Waals surface area contributed by atoms with E-state index in [9.17, 15) is 4.79 Å². The Bertz CT molecular complexity index is 147. The van der Waals surface area contributed by atoms with Crippen molar-refractivity contribution in [3.05, 3.63) is 0 Å². The zero-order valence-corrected chi connectivity index (χ0v) is 9.25. The predicted molar refractivity (Wildman–Crippen MR) is 53.2 cm³/mol. The van der Waals surface area contributed by atoms with Gasteiger partial charge < -0.3 is 14.2 Å². The molecule has 0 N–H and O–H groups in total. The van der Waals surface area contributed by atoms with Gasteiger partial charge in [-0.05, 0) is 20.3 Å². The summed E-state index contributed by atoms with van der Waals surface area (Å²) in [5.41, 5.74) is 0. The molecule has 0 spiro atoms. The molecule has 0 aliphatic heterocycles. The topological polar surface area (TPSA) is 44.8 Å². The summed E-state index contributed by atoms with van der Waals surface area (Å²) in [6.45, 7) is 7.61. The maximum atomic E-state index is 11.2. The van der Waals surface area contributed by atoms with E-state index in [1.807, 2.05) is 13.8 Å². The third-order valence-corrected chi connectivity index (χ3v) is 1.67. The van der Waals surface area contributed by atoms with Crippen molar-refractivity contribution in [1.29, 1.82) is 0 Å². The molecule has 0 amide bonds. The Labute approximate surface area is 85.5 Å². The minimum atomic E-state index is -0.449. The average molecular weight is 204 g/mol. The number of carbonyl (C=O) groups excluding carboxylic acids is 1. The van der Waals surface area contributed by atoms with E-state index < -0.39 is 6.10 Å². The Morgan fingerprint density at radius 3 is 2.36 bits per heavy atom. The molecule has 0 saturated heterocycles. The van der Waals surface area contributed by atoms with Crippen LogP contribution in [0.5, 0.6) is 0 Å². The Morgan fingerprint density at radius 1 is 1.14 bits per heavy atom. The highest BCUT2D eigenvalue weighted by Gasteiger charge is 2.17. The normalized spacial score (nSPS) is 12.5. The van der Waals surface area contributed by atoms with Gasteiger partial charge in [-0.1, -0.05) is 6.92 Å². The summed E-state index contributed by atoms with van der Waals surface area (Å²) in [5.74, 6) is -0.286. The second-order valence-corrected chi connectivity index (χ2v) is 2.72. The van der Waals surface area contributed by atoms with Crippen molar-refractivity contribution in [1.82, 2.24) is 0 Å². The summed E-state index contributed by atoms with van der Waals surface area (Å²) in [4.78, 5) is 11.2. The molecule has 0 aromatic heterocycles.